The fraction of sp³-hybridized carbons (Fsp3) is 0.667. The smallest absolute Gasteiger partial charge is 0.140 e. The molecule has 1 N–H and O–H groups in total. The van der Waals surface area contributed by atoms with Crippen LogP contribution >= 0.6 is 0 Å². The van der Waals surface area contributed by atoms with Crippen molar-refractivity contribution in [2.75, 3.05) is 0 Å². The summed E-state index contributed by atoms with van der Waals surface area (Å²) in [5.41, 5.74) is 0. The van der Waals surface area contributed by atoms with Crippen molar-refractivity contribution in [2.45, 2.75) is 44.9 Å². The van der Waals surface area contributed by atoms with Crippen LogP contribution < -0.4 is 0 Å². The van der Waals surface area contributed by atoms with Crippen LogP contribution in [0.3, 0.4) is 0 Å². The molecule has 1 aliphatic carbocycles. The highest BCUT2D eigenvalue weighted by Crippen LogP contribution is 2.26. The van der Waals surface area contributed by atoms with E-state index in [0.717, 1.165) is 12.2 Å². The van der Waals surface area contributed by atoms with Crippen molar-refractivity contribution in [2.24, 2.45) is 5.92 Å². The van der Waals surface area contributed by atoms with E-state index in [2.05, 4.69) is 9.97 Å². The summed E-state index contributed by atoms with van der Waals surface area (Å²) in [7, 11) is 0. The summed E-state index contributed by atoms with van der Waals surface area (Å²) < 4.78 is 0. The van der Waals surface area contributed by atoms with Crippen LogP contribution in [0.4, 0.5) is 0 Å². The topological polar surface area (TPSA) is 45.8 Å². The lowest BCUT2D eigenvalue weighted by Gasteiger charge is -2.20. The molecule has 0 unspecified atom stereocenters. The zero-order chi connectivity index (χ0) is 10.5. The van der Waals surface area contributed by atoms with E-state index >= 15 is 0 Å². The second-order valence-electron chi connectivity index (χ2n) is 4.46. The van der Waals surface area contributed by atoms with Gasteiger partial charge in [0.2, 0.25) is 0 Å². The molecule has 0 amide bonds. The molecule has 82 valence electrons. The molecule has 0 aliphatic heterocycles. The number of rotatable bonds is 4. The number of ketones is 1. The third kappa shape index (κ3) is 3.18. The van der Waals surface area contributed by atoms with Gasteiger partial charge in [-0.2, -0.15) is 0 Å². The lowest BCUT2D eigenvalue weighted by molar-refractivity contribution is -0.119. The molecule has 1 fully saturated rings. The zero-order valence-electron chi connectivity index (χ0n) is 9.04. The van der Waals surface area contributed by atoms with E-state index in [1.165, 1.54) is 32.1 Å². The number of hydrogen-bond acceptors (Lipinski definition) is 2. The van der Waals surface area contributed by atoms with Gasteiger partial charge < -0.3 is 4.98 Å². The van der Waals surface area contributed by atoms with Crippen molar-refractivity contribution in [3.63, 3.8) is 0 Å². The molecule has 1 aromatic rings. The average Bonchev–Trinajstić information content (AvgIpc) is 2.71. The van der Waals surface area contributed by atoms with Crippen LogP contribution in [0.1, 0.15) is 44.3 Å². The van der Waals surface area contributed by atoms with Gasteiger partial charge in [0.25, 0.3) is 0 Å². The van der Waals surface area contributed by atoms with Crippen LogP contribution in [0.15, 0.2) is 12.4 Å². The van der Waals surface area contributed by atoms with Gasteiger partial charge in [-0.3, -0.25) is 4.79 Å². The summed E-state index contributed by atoms with van der Waals surface area (Å²) in [6.07, 6.45) is 11.1. The predicted octanol–water partition coefficient (Wildman–Crippen LogP) is 2.49. The molecule has 0 bridgehead atoms. The number of aromatic amines is 1. The maximum atomic E-state index is 11.7. The van der Waals surface area contributed by atoms with Crippen molar-refractivity contribution in [1.82, 2.24) is 9.97 Å². The van der Waals surface area contributed by atoms with Crippen LogP contribution in [0.5, 0.6) is 0 Å². The number of nitrogens with one attached hydrogen (secondary N) is 1. The van der Waals surface area contributed by atoms with Gasteiger partial charge >= 0.3 is 0 Å². The van der Waals surface area contributed by atoms with Gasteiger partial charge in [-0.25, -0.2) is 4.98 Å². The quantitative estimate of drug-likeness (QED) is 0.822. The minimum atomic E-state index is 0.330. The third-order valence-electron chi connectivity index (χ3n) is 3.16. The first-order valence-corrected chi connectivity index (χ1v) is 5.84. The third-order valence-corrected chi connectivity index (χ3v) is 3.16. The molecule has 15 heavy (non-hydrogen) atoms. The van der Waals surface area contributed by atoms with Crippen molar-refractivity contribution < 1.29 is 4.79 Å². The number of aromatic nitrogens is 2. The monoisotopic (exact) mass is 206 g/mol. The van der Waals surface area contributed by atoms with E-state index in [-0.39, 0.29) is 0 Å². The average molecular weight is 206 g/mol. The minimum absolute atomic E-state index is 0.330. The van der Waals surface area contributed by atoms with Crippen molar-refractivity contribution in [3.8, 4) is 0 Å². The molecule has 0 atom stereocenters. The molecule has 1 saturated carbocycles. The Kier molecular flexibility index (Phi) is 3.54. The maximum Gasteiger partial charge on any atom is 0.140 e. The number of H-pyrrole nitrogens is 1. The molecule has 3 heteroatoms. The Balaban J connectivity index is 1.76. The van der Waals surface area contributed by atoms with Gasteiger partial charge in [0.15, 0.2) is 0 Å². The van der Waals surface area contributed by atoms with Crippen LogP contribution in [0.25, 0.3) is 0 Å². The molecule has 0 spiro atoms. The Morgan fingerprint density at radius 1 is 1.40 bits per heavy atom. The molecule has 0 aromatic carbocycles. The van der Waals surface area contributed by atoms with E-state index in [1.807, 2.05) is 0 Å². The fourth-order valence-electron chi connectivity index (χ4n) is 2.37. The number of hydrogen-bond donors (Lipinski definition) is 1. The van der Waals surface area contributed by atoms with Crippen molar-refractivity contribution in [1.29, 1.82) is 0 Å². The summed E-state index contributed by atoms with van der Waals surface area (Å²) in [6, 6.07) is 0. The summed E-state index contributed by atoms with van der Waals surface area (Å²) in [5, 5.41) is 0. The molecule has 1 aromatic heterocycles. The van der Waals surface area contributed by atoms with Gasteiger partial charge in [-0.15, -0.1) is 0 Å². The molecule has 0 radical (unpaired) electrons. The van der Waals surface area contributed by atoms with Gasteiger partial charge in [-0.1, -0.05) is 32.1 Å². The fourth-order valence-corrected chi connectivity index (χ4v) is 2.37. The van der Waals surface area contributed by atoms with Crippen LogP contribution in [-0.4, -0.2) is 15.8 Å². The Bertz CT molecular complexity index is 299. The number of carbonyl (C=O) groups is 1. The van der Waals surface area contributed by atoms with Gasteiger partial charge in [0.1, 0.15) is 11.6 Å². The molecular formula is C12H18N2O. The Morgan fingerprint density at radius 2 is 2.20 bits per heavy atom. The van der Waals surface area contributed by atoms with E-state index in [4.69, 9.17) is 0 Å². The highest BCUT2D eigenvalue weighted by Gasteiger charge is 2.17. The molecular weight excluding hydrogens is 188 g/mol. The summed E-state index contributed by atoms with van der Waals surface area (Å²) >= 11 is 0. The highest BCUT2D eigenvalue weighted by molar-refractivity contribution is 5.80. The number of nitrogens with zero attached hydrogens (tertiary/aromatic N) is 1. The zero-order valence-corrected chi connectivity index (χ0v) is 9.04. The summed E-state index contributed by atoms with van der Waals surface area (Å²) in [5.74, 6) is 1.77. The number of carbonyl (C=O) groups excluding carboxylic acids is 1. The van der Waals surface area contributed by atoms with E-state index in [9.17, 15) is 4.79 Å². The van der Waals surface area contributed by atoms with Gasteiger partial charge in [0, 0.05) is 18.8 Å². The Morgan fingerprint density at radius 3 is 2.87 bits per heavy atom. The lowest BCUT2D eigenvalue weighted by Crippen LogP contribution is -2.14. The van der Waals surface area contributed by atoms with Crippen molar-refractivity contribution >= 4 is 5.78 Å². The molecule has 2 rings (SSSR count). The van der Waals surface area contributed by atoms with Gasteiger partial charge in [0.05, 0.1) is 6.42 Å². The number of Topliss-reactive ketones (excluding diaryl/α,β-unsaturated/α-hetero) is 1. The first-order valence-electron chi connectivity index (χ1n) is 5.84. The van der Waals surface area contributed by atoms with Crippen LogP contribution in [0.2, 0.25) is 0 Å². The second-order valence-corrected chi connectivity index (χ2v) is 4.46. The Labute approximate surface area is 90.3 Å². The largest absolute Gasteiger partial charge is 0.348 e. The molecule has 0 saturated heterocycles. The lowest BCUT2D eigenvalue weighted by atomic mass is 9.85. The molecule has 1 aliphatic rings. The SMILES string of the molecule is O=C(Cc1ncc[nH]1)CC1CCCCC1. The standard InChI is InChI=1S/C12H18N2O/c15-11(9-12-13-6-7-14-12)8-10-4-2-1-3-5-10/h6-7,10H,1-5,8-9H2,(H,13,14). The molecule has 1 heterocycles. The van der Waals surface area contributed by atoms with Gasteiger partial charge in [-0.05, 0) is 5.92 Å². The first-order chi connectivity index (χ1) is 7.34. The summed E-state index contributed by atoms with van der Waals surface area (Å²) in [6.45, 7) is 0. The van der Waals surface area contributed by atoms with Crippen LogP contribution in [0, 0.1) is 5.92 Å². The van der Waals surface area contributed by atoms with E-state index < -0.39 is 0 Å². The minimum Gasteiger partial charge on any atom is -0.348 e. The Hall–Kier alpha value is -1.12. The second kappa shape index (κ2) is 5.10. The normalized spacial score (nSPS) is 17.9. The maximum absolute atomic E-state index is 11.7. The van der Waals surface area contributed by atoms with Crippen molar-refractivity contribution in [3.05, 3.63) is 18.2 Å². The summed E-state index contributed by atoms with van der Waals surface area (Å²) in [4.78, 5) is 18.8. The highest BCUT2D eigenvalue weighted by atomic mass is 16.1. The molecule has 3 nitrogen and oxygen atoms in total. The first kappa shape index (κ1) is 10.4. The van der Waals surface area contributed by atoms with E-state index in [0.29, 0.717) is 18.1 Å². The predicted molar refractivity (Wildman–Crippen MR) is 58.5 cm³/mol. The van der Waals surface area contributed by atoms with E-state index in [1.54, 1.807) is 12.4 Å². The number of imidazole rings is 1. The van der Waals surface area contributed by atoms with Crippen LogP contribution in [-0.2, 0) is 11.2 Å².